The minimum absolute atomic E-state index is 0.0508. The van der Waals surface area contributed by atoms with Crippen molar-refractivity contribution in [2.45, 2.75) is 111 Å². The van der Waals surface area contributed by atoms with E-state index in [1.54, 1.807) is 0 Å². The molecule has 0 atom stereocenters. The quantitative estimate of drug-likeness (QED) is 0.465. The zero-order valence-corrected chi connectivity index (χ0v) is 21.1. The summed E-state index contributed by atoms with van der Waals surface area (Å²) >= 11 is 0. The van der Waals surface area contributed by atoms with Crippen LogP contribution < -0.4 is 4.90 Å². The Labute approximate surface area is 186 Å². The van der Waals surface area contributed by atoms with Crippen molar-refractivity contribution in [1.82, 2.24) is 0 Å². The Morgan fingerprint density at radius 2 is 1.37 bits per heavy atom. The minimum Gasteiger partial charge on any atom is -0.308 e. The summed E-state index contributed by atoms with van der Waals surface area (Å²) in [6, 6.07) is 4.71. The summed E-state index contributed by atoms with van der Waals surface area (Å²) in [5, 5.41) is 0. The summed E-state index contributed by atoms with van der Waals surface area (Å²) in [4.78, 5) is 15.9. The average Bonchev–Trinajstić information content (AvgIpc) is 2.63. The maximum Gasteiger partial charge on any atom is 0.230 e. The van der Waals surface area contributed by atoms with Gasteiger partial charge in [-0.1, -0.05) is 99.8 Å². The van der Waals surface area contributed by atoms with Crippen molar-refractivity contribution in [3.05, 3.63) is 41.5 Å². The molecule has 1 aromatic carbocycles. The first-order valence-electron chi connectivity index (χ1n) is 11.8. The largest absolute Gasteiger partial charge is 0.308 e. The Balaban J connectivity index is 2.80. The molecular weight excluding hydrogens is 366 g/mol. The van der Waals surface area contributed by atoms with Crippen LogP contribution in [-0.2, 0) is 21.0 Å². The Kier molecular flexibility index (Phi) is 7.32. The Bertz CT molecular complexity index is 726. The molecule has 2 rings (SSSR count). The zero-order chi connectivity index (χ0) is 22.9. The highest BCUT2D eigenvalue weighted by Crippen LogP contribution is 2.44. The summed E-state index contributed by atoms with van der Waals surface area (Å²) in [5.74, 6) is 0.427. The van der Waals surface area contributed by atoms with E-state index in [1.165, 1.54) is 36.0 Å². The van der Waals surface area contributed by atoms with Crippen molar-refractivity contribution < 1.29 is 4.79 Å². The lowest BCUT2D eigenvalue weighted by molar-refractivity contribution is -0.123. The van der Waals surface area contributed by atoms with Crippen LogP contribution >= 0.6 is 0 Å². The number of amides is 1. The highest BCUT2D eigenvalue weighted by Gasteiger charge is 2.35. The molecule has 0 aliphatic heterocycles. The molecule has 0 heterocycles. The maximum absolute atomic E-state index is 13.8. The molecule has 0 aromatic heterocycles. The van der Waals surface area contributed by atoms with Crippen LogP contribution in [0.15, 0.2) is 24.8 Å². The molecule has 1 aromatic rings. The van der Waals surface area contributed by atoms with Crippen molar-refractivity contribution >= 4 is 11.6 Å². The van der Waals surface area contributed by atoms with Gasteiger partial charge in [-0.15, -0.1) is 6.58 Å². The molecule has 0 unspecified atom stereocenters. The van der Waals surface area contributed by atoms with E-state index in [4.69, 9.17) is 0 Å². The number of rotatable bonds is 4. The van der Waals surface area contributed by atoms with Crippen LogP contribution in [0.25, 0.3) is 0 Å². The third-order valence-electron chi connectivity index (χ3n) is 6.39. The van der Waals surface area contributed by atoms with Crippen molar-refractivity contribution in [3.8, 4) is 0 Å². The smallest absolute Gasteiger partial charge is 0.230 e. The molecule has 168 valence electrons. The van der Waals surface area contributed by atoms with Crippen LogP contribution in [0.5, 0.6) is 0 Å². The number of hydrogen-bond donors (Lipinski definition) is 0. The van der Waals surface area contributed by atoms with Gasteiger partial charge in [-0.25, -0.2) is 0 Å². The van der Waals surface area contributed by atoms with E-state index in [2.05, 4.69) is 85.9 Å². The third-order valence-corrected chi connectivity index (χ3v) is 6.39. The van der Waals surface area contributed by atoms with Crippen molar-refractivity contribution in [3.63, 3.8) is 0 Å². The van der Waals surface area contributed by atoms with Gasteiger partial charge < -0.3 is 4.90 Å². The monoisotopic (exact) mass is 411 g/mol. The van der Waals surface area contributed by atoms with E-state index in [-0.39, 0.29) is 28.1 Å². The molecule has 2 nitrogen and oxygen atoms in total. The molecule has 0 spiro atoms. The molecule has 2 heteroatoms. The summed E-state index contributed by atoms with van der Waals surface area (Å²) in [6.45, 7) is 25.0. The van der Waals surface area contributed by atoms with Crippen LogP contribution in [0.1, 0.15) is 111 Å². The molecular formula is C28H45NO. The van der Waals surface area contributed by atoms with Crippen LogP contribution in [0.2, 0.25) is 0 Å². The van der Waals surface area contributed by atoms with E-state index in [0.29, 0.717) is 6.54 Å². The van der Waals surface area contributed by atoms with Crippen molar-refractivity contribution in [2.75, 3.05) is 11.4 Å². The number of benzene rings is 1. The SMILES string of the molecule is C=CCN(C(=O)C1CCCCC1)c1c(C(C)(C)C)cc(C(C)(C)C)cc1C(C)(C)C. The van der Waals surface area contributed by atoms with Gasteiger partial charge in [-0.2, -0.15) is 0 Å². The van der Waals surface area contributed by atoms with Gasteiger partial charge in [0.05, 0.1) is 5.69 Å². The van der Waals surface area contributed by atoms with Crippen LogP contribution in [0.3, 0.4) is 0 Å². The van der Waals surface area contributed by atoms with Gasteiger partial charge in [0.25, 0.3) is 0 Å². The molecule has 1 amide bonds. The predicted molar refractivity (Wildman–Crippen MR) is 132 cm³/mol. The fraction of sp³-hybridized carbons (Fsp3) is 0.679. The average molecular weight is 412 g/mol. The lowest BCUT2D eigenvalue weighted by atomic mass is 9.73. The van der Waals surface area contributed by atoms with Gasteiger partial charge in [-0.05, 0) is 45.8 Å². The van der Waals surface area contributed by atoms with Gasteiger partial charge in [0.2, 0.25) is 5.91 Å². The summed E-state index contributed by atoms with van der Waals surface area (Å²) in [6.07, 6.45) is 7.51. The molecule has 0 N–H and O–H groups in total. The summed E-state index contributed by atoms with van der Waals surface area (Å²) in [5.41, 5.74) is 4.92. The van der Waals surface area contributed by atoms with Gasteiger partial charge >= 0.3 is 0 Å². The first kappa shape index (κ1) is 24.7. The van der Waals surface area contributed by atoms with Gasteiger partial charge in [0.15, 0.2) is 0 Å². The van der Waals surface area contributed by atoms with Crippen molar-refractivity contribution in [2.24, 2.45) is 5.92 Å². The molecule has 0 bridgehead atoms. The van der Waals surface area contributed by atoms with Gasteiger partial charge in [0.1, 0.15) is 0 Å². The topological polar surface area (TPSA) is 20.3 Å². The van der Waals surface area contributed by atoms with Gasteiger partial charge in [-0.3, -0.25) is 4.79 Å². The fourth-order valence-electron chi connectivity index (χ4n) is 4.49. The number of nitrogens with zero attached hydrogens (tertiary/aromatic N) is 1. The van der Waals surface area contributed by atoms with Crippen molar-refractivity contribution in [1.29, 1.82) is 0 Å². The van der Waals surface area contributed by atoms with E-state index in [0.717, 1.165) is 18.5 Å². The van der Waals surface area contributed by atoms with Gasteiger partial charge in [0, 0.05) is 12.5 Å². The fourth-order valence-corrected chi connectivity index (χ4v) is 4.49. The summed E-state index contributed by atoms with van der Waals surface area (Å²) in [7, 11) is 0. The third kappa shape index (κ3) is 5.56. The summed E-state index contributed by atoms with van der Waals surface area (Å²) < 4.78 is 0. The van der Waals surface area contributed by atoms with E-state index in [1.807, 2.05) is 6.08 Å². The van der Waals surface area contributed by atoms with Crippen LogP contribution in [0, 0.1) is 5.92 Å². The second kappa shape index (κ2) is 8.89. The molecule has 1 aliphatic carbocycles. The molecule has 0 saturated heterocycles. The van der Waals surface area contributed by atoms with E-state index >= 15 is 0 Å². The number of hydrogen-bond acceptors (Lipinski definition) is 1. The lowest BCUT2D eigenvalue weighted by Crippen LogP contribution is -2.40. The highest BCUT2D eigenvalue weighted by atomic mass is 16.2. The number of carbonyl (C=O) groups excluding carboxylic acids is 1. The standard InChI is InChI=1S/C28H45NO/c1-11-17-29(25(30)20-15-13-12-14-16-20)24-22(27(5,6)7)18-21(26(2,3)4)19-23(24)28(8,9)10/h11,18-20H,1,12-17H2,2-10H3. The molecule has 1 fully saturated rings. The minimum atomic E-state index is -0.0666. The second-order valence-corrected chi connectivity index (χ2v) is 12.2. The Morgan fingerprint density at radius 1 is 0.900 bits per heavy atom. The first-order chi connectivity index (χ1) is 13.7. The Hall–Kier alpha value is -1.57. The molecule has 0 radical (unpaired) electrons. The first-order valence-corrected chi connectivity index (χ1v) is 11.8. The normalized spacial score (nSPS) is 16.4. The second-order valence-electron chi connectivity index (χ2n) is 12.2. The highest BCUT2D eigenvalue weighted by molar-refractivity contribution is 5.97. The number of carbonyl (C=O) groups is 1. The molecule has 1 aliphatic rings. The zero-order valence-electron chi connectivity index (χ0n) is 21.1. The Morgan fingerprint density at radius 3 is 1.73 bits per heavy atom. The number of anilines is 1. The van der Waals surface area contributed by atoms with E-state index in [9.17, 15) is 4.79 Å². The van der Waals surface area contributed by atoms with Crippen LogP contribution in [0.4, 0.5) is 5.69 Å². The molecule has 1 saturated carbocycles. The van der Waals surface area contributed by atoms with Crippen LogP contribution in [-0.4, -0.2) is 12.5 Å². The lowest BCUT2D eigenvalue weighted by Gasteiger charge is -2.39. The maximum atomic E-state index is 13.8. The predicted octanol–water partition coefficient (Wildman–Crippen LogP) is 7.68. The molecule has 30 heavy (non-hydrogen) atoms. The van der Waals surface area contributed by atoms with E-state index < -0.39 is 0 Å².